The number of aldehydes is 1. The molecule has 0 unspecified atom stereocenters. The molecule has 0 saturated heterocycles. The van der Waals surface area contributed by atoms with Gasteiger partial charge in [0.05, 0.1) is 5.16 Å². The van der Waals surface area contributed by atoms with Gasteiger partial charge in [-0.25, -0.2) is 4.99 Å². The quantitative estimate of drug-likeness (QED) is 0.194. The Morgan fingerprint density at radius 1 is 1.33 bits per heavy atom. The zero-order valence-corrected chi connectivity index (χ0v) is 5.47. The molecule has 9 heavy (non-hydrogen) atoms. The lowest BCUT2D eigenvalue weighted by molar-refractivity contribution is -0.104. The molecule has 0 fully saturated rings. The summed E-state index contributed by atoms with van der Waals surface area (Å²) in [6.07, 6.45) is 6.64. The number of carbonyl (C=O) groups is 1. The second kappa shape index (κ2) is 6.95. The summed E-state index contributed by atoms with van der Waals surface area (Å²) >= 11 is 4.27. The zero-order chi connectivity index (χ0) is 6.95. The van der Waals surface area contributed by atoms with Gasteiger partial charge < -0.3 is 0 Å². The van der Waals surface area contributed by atoms with Crippen molar-refractivity contribution in [3.8, 4) is 0 Å². The van der Waals surface area contributed by atoms with Crippen molar-refractivity contribution < 1.29 is 4.79 Å². The number of rotatable bonds is 3. The normalized spacial score (nSPS) is 9.78. The van der Waals surface area contributed by atoms with Gasteiger partial charge in [0.25, 0.3) is 0 Å². The molecule has 0 saturated carbocycles. The molecule has 0 aromatic heterocycles. The molecule has 0 aromatic carbocycles. The smallest absolute Gasteiger partial charge is 0.142 e. The van der Waals surface area contributed by atoms with Crippen LogP contribution in [0.1, 0.15) is 0 Å². The van der Waals surface area contributed by atoms with Crippen LogP contribution in [-0.4, -0.2) is 11.4 Å². The maximum absolute atomic E-state index is 9.65. The topological polar surface area (TPSA) is 29.4 Å². The number of isothiocyanates is 1. The van der Waals surface area contributed by atoms with Gasteiger partial charge in [0, 0.05) is 6.20 Å². The van der Waals surface area contributed by atoms with Crippen LogP contribution in [0.5, 0.6) is 0 Å². The van der Waals surface area contributed by atoms with Gasteiger partial charge in [-0.1, -0.05) is 6.08 Å². The SMILES string of the molecule is O=C/C=C/C=C/N=C=S. The molecule has 0 rings (SSSR count). The lowest BCUT2D eigenvalue weighted by Gasteiger charge is -1.65. The molecule has 2 nitrogen and oxygen atoms in total. The predicted molar refractivity (Wildman–Crippen MR) is 39.4 cm³/mol. The first-order valence-corrected chi connectivity index (χ1v) is 2.66. The average molecular weight is 139 g/mol. The van der Waals surface area contributed by atoms with E-state index in [2.05, 4.69) is 22.4 Å². The maximum atomic E-state index is 9.65. The third-order valence-corrected chi connectivity index (χ3v) is 0.620. The van der Waals surface area contributed by atoms with Crippen molar-refractivity contribution >= 4 is 23.7 Å². The van der Waals surface area contributed by atoms with E-state index < -0.39 is 0 Å². The van der Waals surface area contributed by atoms with Crippen LogP contribution in [0.25, 0.3) is 0 Å². The average Bonchev–Trinajstić information content (AvgIpc) is 1.89. The molecule has 0 aliphatic carbocycles. The summed E-state index contributed by atoms with van der Waals surface area (Å²) in [5, 5.41) is 2.14. The molecule has 0 aliphatic rings. The molecule has 0 radical (unpaired) electrons. The van der Waals surface area contributed by atoms with Gasteiger partial charge in [-0.15, -0.1) is 0 Å². The highest BCUT2D eigenvalue weighted by atomic mass is 32.1. The first-order chi connectivity index (χ1) is 4.41. The summed E-state index contributed by atoms with van der Waals surface area (Å²) in [7, 11) is 0. The Morgan fingerprint density at radius 2 is 2.11 bits per heavy atom. The van der Waals surface area contributed by atoms with Crippen molar-refractivity contribution in [3.63, 3.8) is 0 Å². The van der Waals surface area contributed by atoms with E-state index in [4.69, 9.17) is 0 Å². The number of thiocarbonyl (C=S) groups is 1. The van der Waals surface area contributed by atoms with E-state index in [1.165, 1.54) is 12.3 Å². The van der Waals surface area contributed by atoms with Crippen molar-refractivity contribution in [2.24, 2.45) is 4.99 Å². The van der Waals surface area contributed by atoms with Crippen LogP contribution in [0.3, 0.4) is 0 Å². The summed E-state index contributed by atoms with van der Waals surface area (Å²) in [6.45, 7) is 0. The number of hydrogen-bond donors (Lipinski definition) is 0. The van der Waals surface area contributed by atoms with Crippen LogP contribution < -0.4 is 0 Å². The summed E-state index contributed by atoms with van der Waals surface area (Å²) in [5.74, 6) is 0. The molecule has 46 valence electrons. The Morgan fingerprint density at radius 3 is 2.67 bits per heavy atom. The summed E-state index contributed by atoms with van der Waals surface area (Å²) in [5.41, 5.74) is 0. The Balaban J connectivity index is 3.58. The molecule has 0 N–H and O–H groups in total. The molecular formula is C6H5NOS. The first-order valence-electron chi connectivity index (χ1n) is 2.25. The molecule has 0 spiro atoms. The second-order valence-electron chi connectivity index (χ2n) is 1.08. The highest BCUT2D eigenvalue weighted by Gasteiger charge is 1.59. The monoisotopic (exact) mass is 139 g/mol. The standard InChI is InChI=1S/C6H5NOS/c8-5-3-1-2-4-7-6-9/h1-5H/b3-1+,4-2+. The number of carbonyl (C=O) groups excluding carboxylic acids is 1. The molecule has 0 aliphatic heterocycles. The van der Waals surface area contributed by atoms with Gasteiger partial charge in [0.2, 0.25) is 0 Å². The van der Waals surface area contributed by atoms with Gasteiger partial charge in [-0.05, 0) is 24.4 Å². The van der Waals surface area contributed by atoms with E-state index in [1.54, 1.807) is 12.2 Å². The lowest BCUT2D eigenvalue weighted by atomic mass is 10.5. The summed E-state index contributed by atoms with van der Waals surface area (Å²) < 4.78 is 0. The molecule has 0 atom stereocenters. The van der Waals surface area contributed by atoms with Crippen molar-refractivity contribution in [1.29, 1.82) is 0 Å². The minimum Gasteiger partial charge on any atom is -0.299 e. The van der Waals surface area contributed by atoms with Crippen LogP contribution in [0.15, 0.2) is 29.4 Å². The Kier molecular flexibility index (Phi) is 6.14. The fourth-order valence-corrected chi connectivity index (χ4v) is 0.294. The third kappa shape index (κ3) is 6.95. The van der Waals surface area contributed by atoms with Crippen molar-refractivity contribution in [3.05, 3.63) is 24.4 Å². The molecule has 0 bridgehead atoms. The number of hydrogen-bond acceptors (Lipinski definition) is 3. The Labute approximate surface area is 58.6 Å². The predicted octanol–water partition coefficient (Wildman–Crippen LogP) is 1.36. The fraction of sp³-hybridized carbons (Fsp3) is 0. The molecular weight excluding hydrogens is 134 g/mol. The van der Waals surface area contributed by atoms with Crippen LogP contribution in [0.4, 0.5) is 0 Å². The zero-order valence-electron chi connectivity index (χ0n) is 4.65. The van der Waals surface area contributed by atoms with Crippen LogP contribution >= 0.6 is 12.2 Å². The summed E-state index contributed by atoms with van der Waals surface area (Å²) in [6, 6.07) is 0. The van der Waals surface area contributed by atoms with Gasteiger partial charge >= 0.3 is 0 Å². The maximum Gasteiger partial charge on any atom is 0.142 e. The van der Waals surface area contributed by atoms with Crippen molar-refractivity contribution in [2.45, 2.75) is 0 Å². The second-order valence-corrected chi connectivity index (χ2v) is 1.27. The number of allylic oxidation sites excluding steroid dienone is 3. The van der Waals surface area contributed by atoms with E-state index in [-0.39, 0.29) is 0 Å². The Bertz CT molecular complexity index is 177. The van der Waals surface area contributed by atoms with Crippen LogP contribution in [0, 0.1) is 0 Å². The molecule has 0 aromatic rings. The van der Waals surface area contributed by atoms with E-state index in [0.717, 1.165) is 0 Å². The summed E-state index contributed by atoms with van der Waals surface area (Å²) in [4.78, 5) is 13.1. The highest BCUT2D eigenvalue weighted by molar-refractivity contribution is 7.78. The van der Waals surface area contributed by atoms with E-state index in [1.807, 2.05) is 0 Å². The van der Waals surface area contributed by atoms with E-state index in [9.17, 15) is 4.79 Å². The number of nitrogens with zero attached hydrogens (tertiary/aromatic N) is 1. The molecule has 0 heterocycles. The highest BCUT2D eigenvalue weighted by Crippen LogP contribution is 1.74. The molecule has 0 amide bonds. The van der Waals surface area contributed by atoms with Crippen molar-refractivity contribution in [1.82, 2.24) is 0 Å². The fourth-order valence-electron chi connectivity index (χ4n) is 0.233. The lowest BCUT2D eigenvalue weighted by Crippen LogP contribution is -1.55. The minimum atomic E-state index is 0.686. The van der Waals surface area contributed by atoms with E-state index >= 15 is 0 Å². The van der Waals surface area contributed by atoms with Crippen LogP contribution in [-0.2, 0) is 4.79 Å². The number of aliphatic imine (C=N–C) groups is 1. The third-order valence-electron chi connectivity index (χ3n) is 0.514. The largest absolute Gasteiger partial charge is 0.299 e. The van der Waals surface area contributed by atoms with Crippen molar-refractivity contribution in [2.75, 3.05) is 0 Å². The molecule has 3 heteroatoms. The van der Waals surface area contributed by atoms with Gasteiger partial charge in [-0.3, -0.25) is 4.79 Å². The van der Waals surface area contributed by atoms with Crippen LogP contribution in [0.2, 0.25) is 0 Å². The minimum absolute atomic E-state index is 0.686. The first kappa shape index (κ1) is 7.95. The van der Waals surface area contributed by atoms with Gasteiger partial charge in [0.1, 0.15) is 6.29 Å². The van der Waals surface area contributed by atoms with E-state index in [0.29, 0.717) is 6.29 Å². The van der Waals surface area contributed by atoms with Gasteiger partial charge in [0.15, 0.2) is 0 Å². The van der Waals surface area contributed by atoms with Gasteiger partial charge in [-0.2, -0.15) is 0 Å². The Hall–Kier alpha value is -1.05.